The maximum Gasteiger partial charge on any atom is 0.191 e. The lowest BCUT2D eigenvalue weighted by Crippen LogP contribution is -2.42. The van der Waals surface area contributed by atoms with E-state index in [9.17, 15) is 0 Å². The van der Waals surface area contributed by atoms with Crippen LogP contribution in [-0.4, -0.2) is 60.6 Å². The van der Waals surface area contributed by atoms with E-state index >= 15 is 0 Å². The van der Waals surface area contributed by atoms with Crippen LogP contribution in [0.25, 0.3) is 0 Å². The van der Waals surface area contributed by atoms with Crippen LogP contribution in [0, 0.1) is 13.8 Å². The van der Waals surface area contributed by atoms with Crippen molar-refractivity contribution in [3.63, 3.8) is 0 Å². The molecule has 0 amide bonds. The Bertz CT molecular complexity index is 778. The van der Waals surface area contributed by atoms with Gasteiger partial charge in [-0.2, -0.15) is 0 Å². The van der Waals surface area contributed by atoms with E-state index in [1.54, 1.807) is 7.11 Å². The Morgan fingerprint density at radius 1 is 1.20 bits per heavy atom. The monoisotopic (exact) mass is 529 g/mol. The summed E-state index contributed by atoms with van der Waals surface area (Å²) in [5.74, 6) is 2.51. The first-order valence-corrected chi connectivity index (χ1v) is 10.2. The van der Waals surface area contributed by atoms with E-state index in [-0.39, 0.29) is 24.0 Å². The molecule has 0 unspecified atom stereocenters. The lowest BCUT2D eigenvalue weighted by atomic mass is 10.2. The Kier molecular flexibility index (Phi) is 12.4. The van der Waals surface area contributed by atoms with Gasteiger partial charge in [0.1, 0.15) is 12.4 Å². The predicted molar refractivity (Wildman–Crippen MR) is 134 cm³/mol. The molecule has 2 N–H and O–H groups in total. The molecule has 8 nitrogen and oxygen atoms in total. The van der Waals surface area contributed by atoms with Crippen molar-refractivity contribution in [1.82, 2.24) is 25.4 Å². The summed E-state index contributed by atoms with van der Waals surface area (Å²) in [6.07, 6.45) is 0.921. The zero-order valence-electron chi connectivity index (χ0n) is 18.8. The van der Waals surface area contributed by atoms with Crippen molar-refractivity contribution in [3.8, 4) is 0 Å². The normalized spacial score (nSPS) is 11.2. The number of hydrogen-bond acceptors (Lipinski definition) is 5. The van der Waals surface area contributed by atoms with Crippen molar-refractivity contribution in [2.24, 2.45) is 12.0 Å². The minimum absolute atomic E-state index is 0. The average Bonchev–Trinajstić information content (AvgIpc) is 3.04. The summed E-state index contributed by atoms with van der Waals surface area (Å²) in [6, 6.07) is 8.61. The van der Waals surface area contributed by atoms with Crippen LogP contribution in [0.2, 0.25) is 0 Å². The summed E-state index contributed by atoms with van der Waals surface area (Å²) in [5.41, 5.74) is 2.52. The molecule has 0 aliphatic carbocycles. The lowest BCUT2D eigenvalue weighted by Gasteiger charge is -2.24. The Balaban J connectivity index is 0.00000450. The Labute approximate surface area is 197 Å². The van der Waals surface area contributed by atoms with Crippen molar-refractivity contribution < 1.29 is 4.74 Å². The molecular weight excluding hydrogens is 493 g/mol. The van der Waals surface area contributed by atoms with Gasteiger partial charge in [0.15, 0.2) is 11.8 Å². The number of aliphatic imine (C=N–C) groups is 1. The second-order valence-electron chi connectivity index (χ2n) is 7.01. The van der Waals surface area contributed by atoms with Crippen LogP contribution < -0.4 is 15.5 Å². The second-order valence-corrected chi connectivity index (χ2v) is 7.01. The molecule has 0 saturated carbocycles. The average molecular weight is 529 g/mol. The van der Waals surface area contributed by atoms with Crippen LogP contribution in [0.3, 0.4) is 0 Å². The van der Waals surface area contributed by atoms with Crippen LogP contribution in [0.4, 0.5) is 5.69 Å². The SMILES string of the molecule is CCN(CCNC(=NCc1nnc(C)n1C)NCCCOC)c1cccc(C)c1.I. The van der Waals surface area contributed by atoms with Gasteiger partial charge in [-0.3, -0.25) is 0 Å². The van der Waals surface area contributed by atoms with Crippen molar-refractivity contribution in [3.05, 3.63) is 41.5 Å². The highest BCUT2D eigenvalue weighted by Crippen LogP contribution is 2.14. The summed E-state index contributed by atoms with van der Waals surface area (Å²) in [4.78, 5) is 7.04. The van der Waals surface area contributed by atoms with E-state index in [4.69, 9.17) is 4.74 Å². The van der Waals surface area contributed by atoms with E-state index in [0.717, 1.165) is 56.8 Å². The fourth-order valence-electron chi connectivity index (χ4n) is 2.94. The molecule has 0 aliphatic heterocycles. The number of guanidine groups is 1. The second kappa shape index (κ2) is 14.2. The summed E-state index contributed by atoms with van der Waals surface area (Å²) in [6.45, 7) is 10.9. The molecule has 1 aromatic carbocycles. The number of halogens is 1. The van der Waals surface area contributed by atoms with Crippen LogP contribution in [0.15, 0.2) is 29.3 Å². The van der Waals surface area contributed by atoms with Crippen molar-refractivity contribution in [2.75, 3.05) is 44.8 Å². The van der Waals surface area contributed by atoms with Gasteiger partial charge in [0.2, 0.25) is 0 Å². The third-order valence-corrected chi connectivity index (χ3v) is 4.80. The first kappa shape index (κ1) is 26.2. The smallest absolute Gasteiger partial charge is 0.191 e. The number of benzene rings is 1. The van der Waals surface area contributed by atoms with E-state index < -0.39 is 0 Å². The highest BCUT2D eigenvalue weighted by atomic mass is 127. The van der Waals surface area contributed by atoms with Crippen molar-refractivity contribution in [2.45, 2.75) is 33.7 Å². The Morgan fingerprint density at radius 3 is 2.60 bits per heavy atom. The number of nitrogens with zero attached hydrogens (tertiary/aromatic N) is 5. The van der Waals surface area contributed by atoms with E-state index in [1.165, 1.54) is 11.3 Å². The molecule has 1 heterocycles. The van der Waals surface area contributed by atoms with Crippen LogP contribution >= 0.6 is 24.0 Å². The summed E-state index contributed by atoms with van der Waals surface area (Å²) < 4.78 is 7.09. The number of aromatic nitrogens is 3. The molecule has 9 heteroatoms. The molecule has 1 aromatic heterocycles. The highest BCUT2D eigenvalue weighted by molar-refractivity contribution is 14.0. The maximum atomic E-state index is 5.13. The van der Waals surface area contributed by atoms with Gasteiger partial charge in [-0.25, -0.2) is 4.99 Å². The summed E-state index contributed by atoms with van der Waals surface area (Å²) in [5, 5.41) is 15.1. The fourth-order valence-corrected chi connectivity index (χ4v) is 2.94. The van der Waals surface area contributed by atoms with Gasteiger partial charge in [0.05, 0.1) is 0 Å². The molecule has 2 rings (SSSR count). The van der Waals surface area contributed by atoms with Gasteiger partial charge >= 0.3 is 0 Å². The number of hydrogen-bond donors (Lipinski definition) is 2. The molecule has 0 saturated heterocycles. The number of nitrogens with one attached hydrogen (secondary N) is 2. The molecule has 168 valence electrons. The molecule has 0 bridgehead atoms. The van der Waals surface area contributed by atoms with Crippen LogP contribution in [0.1, 0.15) is 30.6 Å². The number of rotatable bonds is 11. The lowest BCUT2D eigenvalue weighted by molar-refractivity contribution is 0.195. The van der Waals surface area contributed by atoms with Gasteiger partial charge in [-0.05, 0) is 44.9 Å². The molecule has 0 fully saturated rings. The fraction of sp³-hybridized carbons (Fsp3) is 0.571. The topological polar surface area (TPSA) is 79.6 Å². The molecule has 0 spiro atoms. The molecule has 0 aliphatic rings. The van der Waals surface area contributed by atoms with Gasteiger partial charge in [0, 0.05) is 52.6 Å². The molecule has 0 radical (unpaired) electrons. The molecule has 0 atom stereocenters. The minimum atomic E-state index is 0. The van der Waals surface area contributed by atoms with Crippen LogP contribution in [0.5, 0.6) is 0 Å². The predicted octanol–water partition coefficient (Wildman–Crippen LogP) is 2.65. The number of methoxy groups -OCH3 is 1. The van der Waals surface area contributed by atoms with E-state index in [0.29, 0.717) is 6.54 Å². The number of ether oxygens (including phenoxy) is 1. The minimum Gasteiger partial charge on any atom is -0.385 e. The maximum absolute atomic E-state index is 5.13. The summed E-state index contributed by atoms with van der Waals surface area (Å²) in [7, 11) is 3.68. The molecule has 30 heavy (non-hydrogen) atoms. The third-order valence-electron chi connectivity index (χ3n) is 4.80. The number of likely N-dealkylation sites (N-methyl/N-ethyl adjacent to an activating group) is 1. The standard InChI is InChI=1S/C21H35N7O.HI/c1-6-28(19-10-7-9-17(2)15-19)13-12-23-21(22-11-8-14-29-5)24-16-20-26-25-18(3)27(20)4;/h7,9-10,15H,6,8,11-14,16H2,1-5H3,(H2,22,23,24);1H. The number of aryl methyl sites for hydroxylation is 2. The largest absolute Gasteiger partial charge is 0.385 e. The van der Waals surface area contributed by atoms with Crippen LogP contribution in [-0.2, 0) is 18.3 Å². The zero-order valence-corrected chi connectivity index (χ0v) is 21.1. The summed E-state index contributed by atoms with van der Waals surface area (Å²) >= 11 is 0. The number of anilines is 1. The van der Waals surface area contributed by atoms with Crippen molar-refractivity contribution in [1.29, 1.82) is 0 Å². The zero-order chi connectivity index (χ0) is 21.1. The Morgan fingerprint density at radius 2 is 1.97 bits per heavy atom. The van der Waals surface area contributed by atoms with Gasteiger partial charge in [0.25, 0.3) is 0 Å². The third kappa shape index (κ3) is 8.47. The molecule has 2 aromatic rings. The quantitative estimate of drug-likeness (QED) is 0.202. The van der Waals surface area contributed by atoms with E-state index in [2.05, 4.69) is 68.8 Å². The first-order chi connectivity index (χ1) is 14.0. The van der Waals surface area contributed by atoms with Gasteiger partial charge < -0.3 is 24.8 Å². The highest BCUT2D eigenvalue weighted by Gasteiger charge is 2.07. The van der Waals surface area contributed by atoms with Crippen molar-refractivity contribution >= 4 is 35.6 Å². The van der Waals surface area contributed by atoms with Gasteiger partial charge in [-0.1, -0.05) is 12.1 Å². The van der Waals surface area contributed by atoms with Gasteiger partial charge in [-0.15, -0.1) is 34.2 Å². The first-order valence-electron chi connectivity index (χ1n) is 10.2. The van der Waals surface area contributed by atoms with E-state index in [1.807, 2.05) is 18.5 Å². The Hall–Kier alpha value is -1.88. The molecular formula is C21H36IN7O.